The van der Waals surface area contributed by atoms with Crippen molar-refractivity contribution in [3.63, 3.8) is 0 Å². The number of carbonyl (C=O) groups excluding carboxylic acids is 1. The van der Waals surface area contributed by atoms with Gasteiger partial charge in [0.15, 0.2) is 10.9 Å². The number of fused-ring (bicyclic) bond motifs is 1. The monoisotopic (exact) mass is 394 g/mol. The van der Waals surface area contributed by atoms with Crippen LogP contribution in [0.15, 0.2) is 59.3 Å². The van der Waals surface area contributed by atoms with Gasteiger partial charge in [-0.3, -0.25) is 24.8 Å². The van der Waals surface area contributed by atoms with Crippen molar-refractivity contribution in [2.24, 2.45) is 0 Å². The fraction of sp³-hybridized carbons (Fsp3) is 0.105. The van der Waals surface area contributed by atoms with E-state index in [2.05, 4.69) is 9.97 Å². The van der Waals surface area contributed by atoms with Crippen LogP contribution in [-0.2, 0) is 6.54 Å². The van der Waals surface area contributed by atoms with Crippen molar-refractivity contribution in [3.8, 4) is 0 Å². The number of benzene rings is 1. The van der Waals surface area contributed by atoms with Crippen molar-refractivity contribution in [1.82, 2.24) is 9.97 Å². The number of pyridine rings is 1. The van der Waals surface area contributed by atoms with E-state index in [9.17, 15) is 14.9 Å². The molecule has 0 saturated heterocycles. The van der Waals surface area contributed by atoms with E-state index in [4.69, 9.17) is 4.42 Å². The Kier molecular flexibility index (Phi) is 4.58. The number of aromatic nitrogens is 2. The first kappa shape index (κ1) is 17.8. The lowest BCUT2D eigenvalue weighted by atomic mass is 10.2. The van der Waals surface area contributed by atoms with Gasteiger partial charge in [-0.15, -0.1) is 0 Å². The van der Waals surface area contributed by atoms with Gasteiger partial charge < -0.3 is 4.42 Å². The first-order chi connectivity index (χ1) is 13.5. The molecule has 0 atom stereocenters. The van der Waals surface area contributed by atoms with Crippen LogP contribution in [0.4, 0.5) is 11.0 Å². The Morgan fingerprint density at radius 1 is 1.29 bits per heavy atom. The molecular weight excluding hydrogens is 380 g/mol. The van der Waals surface area contributed by atoms with E-state index >= 15 is 0 Å². The van der Waals surface area contributed by atoms with Crippen LogP contribution in [0.5, 0.6) is 0 Å². The van der Waals surface area contributed by atoms with E-state index in [0.29, 0.717) is 5.13 Å². The Hall–Kier alpha value is -3.59. The first-order valence-electron chi connectivity index (χ1n) is 8.33. The summed E-state index contributed by atoms with van der Waals surface area (Å²) in [5, 5.41) is 11.4. The molecule has 3 aromatic heterocycles. The number of hydrogen-bond donors (Lipinski definition) is 0. The lowest BCUT2D eigenvalue weighted by Gasteiger charge is -2.18. The predicted octanol–water partition coefficient (Wildman–Crippen LogP) is 4.35. The molecule has 0 spiro atoms. The van der Waals surface area contributed by atoms with Crippen LogP contribution < -0.4 is 4.90 Å². The molecule has 0 saturated carbocycles. The normalized spacial score (nSPS) is 10.9. The van der Waals surface area contributed by atoms with E-state index in [0.717, 1.165) is 27.4 Å². The Labute approximate surface area is 163 Å². The number of carbonyl (C=O) groups is 1. The number of nitrogens with zero attached hydrogens (tertiary/aromatic N) is 4. The zero-order valence-electron chi connectivity index (χ0n) is 14.7. The van der Waals surface area contributed by atoms with Gasteiger partial charge in [0.1, 0.15) is 4.92 Å². The highest BCUT2D eigenvalue weighted by Gasteiger charge is 2.26. The van der Waals surface area contributed by atoms with Crippen LogP contribution in [0.3, 0.4) is 0 Å². The number of hydrogen-bond acceptors (Lipinski definition) is 7. The van der Waals surface area contributed by atoms with Crippen molar-refractivity contribution in [2.75, 3.05) is 4.90 Å². The molecular formula is C19H14N4O4S. The molecule has 140 valence electrons. The Morgan fingerprint density at radius 2 is 2.14 bits per heavy atom. The average Bonchev–Trinajstić information content (AvgIpc) is 3.33. The summed E-state index contributed by atoms with van der Waals surface area (Å²) in [6, 6.07) is 11.9. The van der Waals surface area contributed by atoms with Crippen molar-refractivity contribution < 1.29 is 14.1 Å². The standard InChI is InChI=1S/C19H14N4O4S/c1-12-4-5-14-16(9-12)28-19(21-14)22(11-13-3-2-8-20-10-13)18(24)15-6-7-17(27-15)23(25)26/h2-10H,11H2,1H3. The molecule has 0 N–H and O–H groups in total. The molecule has 8 nitrogen and oxygen atoms in total. The molecule has 3 heterocycles. The van der Waals surface area contributed by atoms with E-state index in [-0.39, 0.29) is 12.3 Å². The smallest absolute Gasteiger partial charge is 0.395 e. The maximum atomic E-state index is 13.1. The number of furan rings is 1. The van der Waals surface area contributed by atoms with Crippen molar-refractivity contribution in [1.29, 1.82) is 0 Å². The molecule has 0 fully saturated rings. The maximum absolute atomic E-state index is 13.1. The van der Waals surface area contributed by atoms with E-state index < -0.39 is 16.7 Å². The molecule has 0 aliphatic carbocycles. The van der Waals surface area contributed by atoms with Crippen LogP contribution in [0.25, 0.3) is 10.2 Å². The number of aryl methyl sites for hydroxylation is 1. The summed E-state index contributed by atoms with van der Waals surface area (Å²) < 4.78 is 6.06. The number of nitro groups is 1. The molecule has 4 aromatic rings. The van der Waals surface area contributed by atoms with Gasteiger partial charge in [0.05, 0.1) is 22.8 Å². The van der Waals surface area contributed by atoms with Gasteiger partial charge in [0.25, 0.3) is 5.91 Å². The highest BCUT2D eigenvalue weighted by atomic mass is 32.1. The van der Waals surface area contributed by atoms with E-state index in [1.807, 2.05) is 31.2 Å². The molecule has 1 amide bonds. The topological polar surface area (TPSA) is 102 Å². The molecule has 0 aliphatic rings. The van der Waals surface area contributed by atoms with Crippen LogP contribution >= 0.6 is 11.3 Å². The molecule has 28 heavy (non-hydrogen) atoms. The van der Waals surface area contributed by atoms with Gasteiger partial charge in [-0.25, -0.2) is 4.98 Å². The average molecular weight is 394 g/mol. The quantitative estimate of drug-likeness (QED) is 0.368. The van der Waals surface area contributed by atoms with E-state index in [1.165, 1.54) is 22.3 Å². The second-order valence-electron chi connectivity index (χ2n) is 6.12. The summed E-state index contributed by atoms with van der Waals surface area (Å²) in [7, 11) is 0. The SMILES string of the molecule is Cc1ccc2nc(N(Cc3cccnc3)C(=O)c3ccc([N+](=O)[O-])o3)sc2c1. The minimum absolute atomic E-state index is 0.119. The lowest BCUT2D eigenvalue weighted by Crippen LogP contribution is -2.30. The van der Waals surface area contributed by atoms with Crippen LogP contribution in [-0.4, -0.2) is 20.8 Å². The zero-order chi connectivity index (χ0) is 19.7. The second kappa shape index (κ2) is 7.20. The van der Waals surface area contributed by atoms with Crippen molar-refractivity contribution in [2.45, 2.75) is 13.5 Å². The van der Waals surface area contributed by atoms with Gasteiger partial charge in [0, 0.05) is 12.4 Å². The third-order valence-corrected chi connectivity index (χ3v) is 5.10. The molecule has 4 rings (SSSR count). The summed E-state index contributed by atoms with van der Waals surface area (Å²) >= 11 is 1.37. The summed E-state index contributed by atoms with van der Waals surface area (Å²) in [6.07, 6.45) is 3.30. The molecule has 9 heteroatoms. The fourth-order valence-electron chi connectivity index (χ4n) is 2.71. The second-order valence-corrected chi connectivity index (χ2v) is 7.12. The fourth-order valence-corrected chi connectivity index (χ4v) is 3.77. The van der Waals surface area contributed by atoms with Gasteiger partial charge in [-0.2, -0.15) is 0 Å². The van der Waals surface area contributed by atoms with Crippen LogP contribution in [0.1, 0.15) is 21.7 Å². The minimum atomic E-state index is -0.678. The molecule has 0 unspecified atom stereocenters. The zero-order valence-corrected chi connectivity index (χ0v) is 15.5. The van der Waals surface area contributed by atoms with Gasteiger partial charge in [-0.1, -0.05) is 23.5 Å². The summed E-state index contributed by atoms with van der Waals surface area (Å²) in [6.45, 7) is 2.19. The predicted molar refractivity (Wildman–Crippen MR) is 104 cm³/mol. The number of rotatable bonds is 5. The Bertz CT molecular complexity index is 1170. The maximum Gasteiger partial charge on any atom is 0.433 e. The minimum Gasteiger partial charge on any atom is -0.395 e. The summed E-state index contributed by atoms with van der Waals surface area (Å²) in [4.78, 5) is 33.4. The Morgan fingerprint density at radius 3 is 2.86 bits per heavy atom. The molecule has 0 aliphatic heterocycles. The van der Waals surface area contributed by atoms with Gasteiger partial charge in [0.2, 0.25) is 0 Å². The van der Waals surface area contributed by atoms with Crippen LogP contribution in [0.2, 0.25) is 0 Å². The number of amides is 1. The molecule has 0 bridgehead atoms. The molecule has 1 aromatic carbocycles. The largest absolute Gasteiger partial charge is 0.433 e. The van der Waals surface area contributed by atoms with Crippen molar-refractivity contribution in [3.05, 3.63) is 81.9 Å². The lowest BCUT2D eigenvalue weighted by molar-refractivity contribution is -0.402. The third-order valence-electron chi connectivity index (χ3n) is 4.05. The first-order valence-corrected chi connectivity index (χ1v) is 9.15. The van der Waals surface area contributed by atoms with Gasteiger partial charge >= 0.3 is 5.88 Å². The third kappa shape index (κ3) is 3.47. The van der Waals surface area contributed by atoms with Crippen molar-refractivity contribution >= 4 is 38.5 Å². The summed E-state index contributed by atoms with van der Waals surface area (Å²) in [5.74, 6) is -1.11. The molecule has 0 radical (unpaired) electrons. The Balaban J connectivity index is 1.75. The van der Waals surface area contributed by atoms with Crippen LogP contribution in [0, 0.1) is 17.0 Å². The van der Waals surface area contributed by atoms with E-state index in [1.54, 1.807) is 18.5 Å². The number of anilines is 1. The number of thiazole rings is 1. The summed E-state index contributed by atoms with van der Waals surface area (Å²) in [5.41, 5.74) is 2.67. The highest BCUT2D eigenvalue weighted by molar-refractivity contribution is 7.22. The highest BCUT2D eigenvalue weighted by Crippen LogP contribution is 2.32. The van der Waals surface area contributed by atoms with Gasteiger partial charge in [-0.05, 0) is 42.3 Å².